The number of hydrogen-bond acceptors (Lipinski definition) is 3. The molecule has 0 spiro atoms. The Hall–Kier alpha value is -2.08. The van der Waals surface area contributed by atoms with E-state index in [1.54, 1.807) is 24.3 Å². The maximum absolute atomic E-state index is 13.0. The summed E-state index contributed by atoms with van der Waals surface area (Å²) in [7, 11) is 0. The first-order valence-electron chi connectivity index (χ1n) is 9.15. The smallest absolute Gasteiger partial charge is 0.319 e. The number of benzene rings is 1. The zero-order chi connectivity index (χ0) is 17.8. The Morgan fingerprint density at radius 3 is 2.84 bits per heavy atom. The second-order valence-electron chi connectivity index (χ2n) is 7.09. The van der Waals surface area contributed by atoms with E-state index in [0.29, 0.717) is 24.4 Å². The van der Waals surface area contributed by atoms with Gasteiger partial charge in [-0.25, -0.2) is 4.79 Å². The number of hydrogen-bond donors (Lipinski definition) is 2. The van der Waals surface area contributed by atoms with Gasteiger partial charge in [0.15, 0.2) is 0 Å². The Labute approximate surface area is 148 Å². The van der Waals surface area contributed by atoms with Crippen LogP contribution in [0.15, 0.2) is 24.3 Å². The molecule has 1 aromatic carbocycles. The first-order chi connectivity index (χ1) is 12.0. The fourth-order valence-corrected chi connectivity index (χ4v) is 3.67. The lowest BCUT2D eigenvalue weighted by Gasteiger charge is -2.43. The third-order valence-corrected chi connectivity index (χ3v) is 4.78. The summed E-state index contributed by atoms with van der Waals surface area (Å²) in [6.07, 6.45) is 4.53. The summed E-state index contributed by atoms with van der Waals surface area (Å²) in [6, 6.07) is 7.11. The van der Waals surface area contributed by atoms with Gasteiger partial charge in [0.25, 0.3) is 5.91 Å². The number of carbonyl (C=O) groups is 2. The zero-order valence-electron chi connectivity index (χ0n) is 15.0. The van der Waals surface area contributed by atoms with E-state index in [4.69, 9.17) is 4.74 Å². The van der Waals surface area contributed by atoms with Gasteiger partial charge in [-0.2, -0.15) is 0 Å². The molecule has 1 aromatic rings. The highest BCUT2D eigenvalue weighted by Gasteiger charge is 2.36. The summed E-state index contributed by atoms with van der Waals surface area (Å²) in [5.74, 6) is 0.0214. The van der Waals surface area contributed by atoms with Crippen LogP contribution in [0.3, 0.4) is 0 Å². The number of urea groups is 1. The van der Waals surface area contributed by atoms with Crippen molar-refractivity contribution < 1.29 is 14.3 Å². The average Bonchev–Trinajstić information content (AvgIpc) is 2.60. The largest absolute Gasteiger partial charge is 0.374 e. The van der Waals surface area contributed by atoms with Crippen LogP contribution in [-0.2, 0) is 4.74 Å². The third kappa shape index (κ3) is 4.31. The molecular formula is C19H27N3O3. The monoisotopic (exact) mass is 345 g/mol. The van der Waals surface area contributed by atoms with Crippen molar-refractivity contribution in [3.05, 3.63) is 29.8 Å². The number of nitrogens with zero attached hydrogens (tertiary/aromatic N) is 1. The van der Waals surface area contributed by atoms with Crippen LogP contribution in [0.2, 0.25) is 0 Å². The lowest BCUT2D eigenvalue weighted by atomic mass is 9.89. The van der Waals surface area contributed by atoms with E-state index < -0.39 is 0 Å². The van der Waals surface area contributed by atoms with Crippen molar-refractivity contribution in [1.29, 1.82) is 0 Å². The number of fused-ring (bicyclic) bond motifs is 1. The molecule has 2 aliphatic rings. The Kier molecular flexibility index (Phi) is 5.58. The number of nitrogens with one attached hydrogen (secondary N) is 2. The molecule has 2 N–H and O–H groups in total. The lowest BCUT2D eigenvalue weighted by Crippen LogP contribution is -2.54. The second kappa shape index (κ2) is 7.87. The summed E-state index contributed by atoms with van der Waals surface area (Å²) < 4.78 is 5.85. The van der Waals surface area contributed by atoms with Crippen molar-refractivity contribution in [2.45, 2.75) is 57.7 Å². The SMILES string of the molecule is CC(C)NC(=O)Nc1cccc(C(=O)N2CCO[C@H]3CCCC[C@H]32)c1. The molecule has 2 fully saturated rings. The van der Waals surface area contributed by atoms with E-state index in [9.17, 15) is 9.59 Å². The Morgan fingerprint density at radius 2 is 2.04 bits per heavy atom. The highest BCUT2D eigenvalue weighted by molar-refractivity contribution is 5.97. The molecule has 1 aliphatic heterocycles. The van der Waals surface area contributed by atoms with Crippen LogP contribution in [-0.4, -0.2) is 48.2 Å². The van der Waals surface area contributed by atoms with Gasteiger partial charge in [-0.1, -0.05) is 18.9 Å². The van der Waals surface area contributed by atoms with Gasteiger partial charge in [0.05, 0.1) is 18.8 Å². The van der Waals surface area contributed by atoms with Gasteiger partial charge in [-0.05, 0) is 44.9 Å². The Balaban J connectivity index is 1.71. The van der Waals surface area contributed by atoms with Gasteiger partial charge < -0.3 is 20.3 Å². The zero-order valence-corrected chi connectivity index (χ0v) is 15.0. The van der Waals surface area contributed by atoms with Crippen LogP contribution in [0.5, 0.6) is 0 Å². The quantitative estimate of drug-likeness (QED) is 0.885. The second-order valence-corrected chi connectivity index (χ2v) is 7.09. The van der Waals surface area contributed by atoms with E-state index >= 15 is 0 Å². The van der Waals surface area contributed by atoms with E-state index in [1.165, 1.54) is 6.42 Å². The van der Waals surface area contributed by atoms with Crippen molar-refractivity contribution in [1.82, 2.24) is 10.2 Å². The van der Waals surface area contributed by atoms with Crippen molar-refractivity contribution in [2.75, 3.05) is 18.5 Å². The van der Waals surface area contributed by atoms with Gasteiger partial charge in [0, 0.05) is 23.8 Å². The van der Waals surface area contributed by atoms with Crippen molar-refractivity contribution in [3.8, 4) is 0 Å². The summed E-state index contributed by atoms with van der Waals surface area (Å²) in [5, 5.41) is 5.56. The molecule has 136 valence electrons. The number of morpholine rings is 1. The molecule has 3 amide bonds. The highest BCUT2D eigenvalue weighted by atomic mass is 16.5. The van der Waals surface area contributed by atoms with E-state index in [2.05, 4.69) is 10.6 Å². The van der Waals surface area contributed by atoms with Gasteiger partial charge >= 0.3 is 6.03 Å². The minimum atomic E-state index is -0.265. The number of anilines is 1. The van der Waals surface area contributed by atoms with Crippen LogP contribution in [0.1, 0.15) is 49.9 Å². The Morgan fingerprint density at radius 1 is 1.24 bits per heavy atom. The molecule has 0 bridgehead atoms. The number of amides is 3. The minimum Gasteiger partial charge on any atom is -0.374 e. The van der Waals surface area contributed by atoms with Gasteiger partial charge in [-0.3, -0.25) is 4.79 Å². The molecule has 6 heteroatoms. The van der Waals surface area contributed by atoms with Crippen LogP contribution in [0.4, 0.5) is 10.5 Å². The molecule has 2 atom stereocenters. The Bertz CT molecular complexity index is 630. The van der Waals surface area contributed by atoms with Crippen LogP contribution in [0, 0.1) is 0 Å². The third-order valence-electron chi connectivity index (χ3n) is 4.78. The molecule has 0 unspecified atom stereocenters. The molecule has 3 rings (SSSR count). The lowest BCUT2D eigenvalue weighted by molar-refractivity contribution is -0.0752. The van der Waals surface area contributed by atoms with Crippen molar-refractivity contribution in [2.24, 2.45) is 0 Å². The van der Waals surface area contributed by atoms with E-state index in [0.717, 1.165) is 19.3 Å². The fraction of sp³-hybridized carbons (Fsp3) is 0.579. The average molecular weight is 345 g/mol. The van der Waals surface area contributed by atoms with Crippen LogP contribution >= 0.6 is 0 Å². The maximum atomic E-state index is 13.0. The molecular weight excluding hydrogens is 318 g/mol. The predicted molar refractivity (Wildman–Crippen MR) is 96.8 cm³/mol. The number of rotatable bonds is 3. The number of ether oxygens (including phenoxy) is 1. The van der Waals surface area contributed by atoms with Crippen molar-refractivity contribution in [3.63, 3.8) is 0 Å². The molecule has 6 nitrogen and oxygen atoms in total. The summed E-state index contributed by atoms with van der Waals surface area (Å²) >= 11 is 0. The first kappa shape index (κ1) is 17.7. The molecule has 0 radical (unpaired) electrons. The summed E-state index contributed by atoms with van der Waals surface area (Å²) in [6.45, 7) is 5.03. The van der Waals surface area contributed by atoms with Crippen LogP contribution < -0.4 is 10.6 Å². The molecule has 1 aliphatic carbocycles. The topological polar surface area (TPSA) is 70.7 Å². The van der Waals surface area contributed by atoms with E-state index in [1.807, 2.05) is 18.7 Å². The van der Waals surface area contributed by atoms with Gasteiger partial charge in [-0.15, -0.1) is 0 Å². The first-order valence-corrected chi connectivity index (χ1v) is 9.15. The van der Waals surface area contributed by atoms with Gasteiger partial charge in [0.2, 0.25) is 0 Å². The van der Waals surface area contributed by atoms with Crippen LogP contribution in [0.25, 0.3) is 0 Å². The summed E-state index contributed by atoms with van der Waals surface area (Å²) in [5.41, 5.74) is 1.23. The highest BCUT2D eigenvalue weighted by Crippen LogP contribution is 2.29. The van der Waals surface area contributed by atoms with Gasteiger partial charge in [0.1, 0.15) is 0 Å². The van der Waals surface area contributed by atoms with E-state index in [-0.39, 0.29) is 30.1 Å². The normalized spacial score (nSPS) is 23.1. The maximum Gasteiger partial charge on any atom is 0.319 e. The standard InChI is InChI=1S/C19H27N3O3/c1-13(2)20-19(24)21-15-7-5-6-14(12-15)18(23)22-10-11-25-17-9-4-3-8-16(17)22/h5-7,12-13,16-17H,3-4,8-11H2,1-2H3,(H2,20,21,24)/t16-,17+/m1/s1. The summed E-state index contributed by atoms with van der Waals surface area (Å²) in [4.78, 5) is 26.8. The predicted octanol–water partition coefficient (Wildman–Crippen LogP) is 3.00. The minimum absolute atomic E-state index is 0.0214. The molecule has 25 heavy (non-hydrogen) atoms. The molecule has 1 heterocycles. The molecule has 0 aromatic heterocycles. The number of carbonyl (C=O) groups excluding carboxylic acids is 2. The van der Waals surface area contributed by atoms with Crippen molar-refractivity contribution >= 4 is 17.6 Å². The molecule has 1 saturated carbocycles. The fourth-order valence-electron chi connectivity index (χ4n) is 3.67. The molecule has 1 saturated heterocycles.